The number of amides is 1. The van der Waals surface area contributed by atoms with Crippen molar-refractivity contribution in [2.45, 2.75) is 12.8 Å². The van der Waals surface area contributed by atoms with Crippen molar-refractivity contribution in [3.05, 3.63) is 17.7 Å². The highest BCUT2D eigenvalue weighted by Gasteiger charge is 2.20. The lowest BCUT2D eigenvalue weighted by atomic mass is 10.1. The first-order valence-electron chi connectivity index (χ1n) is 6.79. The number of rotatable bonds is 4. The van der Waals surface area contributed by atoms with Crippen LogP contribution in [-0.4, -0.2) is 32.5 Å². The van der Waals surface area contributed by atoms with Crippen LogP contribution in [0.4, 0.5) is 5.69 Å². The minimum atomic E-state index is -0.181. The van der Waals surface area contributed by atoms with Gasteiger partial charge in [0, 0.05) is 31.5 Å². The van der Waals surface area contributed by atoms with Crippen LogP contribution in [0.1, 0.15) is 23.2 Å². The summed E-state index contributed by atoms with van der Waals surface area (Å²) in [5, 5.41) is 2.89. The van der Waals surface area contributed by atoms with E-state index in [1.165, 1.54) is 0 Å². The SMILES string of the molecule is Nc1cc2c(cc1C(=O)NCCC1CCOC1)OCO2. The first-order valence-corrected chi connectivity index (χ1v) is 6.79. The van der Waals surface area contributed by atoms with Gasteiger partial charge < -0.3 is 25.3 Å². The van der Waals surface area contributed by atoms with Crippen molar-refractivity contribution >= 4 is 11.6 Å². The second-order valence-corrected chi connectivity index (χ2v) is 5.07. The molecule has 1 aromatic rings. The zero-order chi connectivity index (χ0) is 13.9. The number of anilines is 1. The maximum Gasteiger partial charge on any atom is 0.253 e. The Morgan fingerprint density at radius 1 is 1.35 bits per heavy atom. The predicted molar refractivity (Wildman–Crippen MR) is 72.9 cm³/mol. The van der Waals surface area contributed by atoms with Crippen molar-refractivity contribution < 1.29 is 19.0 Å². The van der Waals surface area contributed by atoms with Crippen molar-refractivity contribution in [1.29, 1.82) is 0 Å². The van der Waals surface area contributed by atoms with Crippen molar-refractivity contribution in [2.75, 3.05) is 32.3 Å². The zero-order valence-electron chi connectivity index (χ0n) is 11.2. The molecule has 1 unspecified atom stereocenters. The molecule has 1 fully saturated rings. The molecule has 3 rings (SSSR count). The van der Waals surface area contributed by atoms with E-state index in [-0.39, 0.29) is 12.7 Å². The molecule has 1 aromatic carbocycles. The van der Waals surface area contributed by atoms with Crippen LogP contribution in [0, 0.1) is 5.92 Å². The van der Waals surface area contributed by atoms with Crippen molar-refractivity contribution in [2.24, 2.45) is 5.92 Å². The summed E-state index contributed by atoms with van der Waals surface area (Å²) in [5.74, 6) is 1.51. The third kappa shape index (κ3) is 2.65. The average molecular weight is 278 g/mol. The molecule has 2 heterocycles. The number of carbonyl (C=O) groups excluding carboxylic acids is 1. The molecule has 0 radical (unpaired) electrons. The summed E-state index contributed by atoms with van der Waals surface area (Å²) >= 11 is 0. The third-order valence-corrected chi connectivity index (χ3v) is 3.65. The van der Waals surface area contributed by atoms with Crippen LogP contribution in [0.15, 0.2) is 12.1 Å². The Morgan fingerprint density at radius 3 is 2.90 bits per heavy atom. The maximum atomic E-state index is 12.1. The fourth-order valence-corrected chi connectivity index (χ4v) is 2.45. The molecule has 6 heteroatoms. The highest BCUT2D eigenvalue weighted by Crippen LogP contribution is 2.35. The monoisotopic (exact) mass is 278 g/mol. The lowest BCUT2D eigenvalue weighted by Gasteiger charge is -2.10. The van der Waals surface area contributed by atoms with Crippen LogP contribution < -0.4 is 20.5 Å². The number of nitrogens with two attached hydrogens (primary N) is 1. The molecule has 20 heavy (non-hydrogen) atoms. The van der Waals surface area contributed by atoms with E-state index in [9.17, 15) is 4.79 Å². The molecule has 1 saturated heterocycles. The van der Waals surface area contributed by atoms with Crippen LogP contribution in [0.3, 0.4) is 0 Å². The smallest absolute Gasteiger partial charge is 0.253 e. The quantitative estimate of drug-likeness (QED) is 0.807. The summed E-state index contributed by atoms with van der Waals surface area (Å²) in [7, 11) is 0. The highest BCUT2D eigenvalue weighted by molar-refractivity contribution is 6.00. The van der Waals surface area contributed by atoms with E-state index in [1.807, 2.05) is 0 Å². The lowest BCUT2D eigenvalue weighted by Crippen LogP contribution is -2.26. The zero-order valence-corrected chi connectivity index (χ0v) is 11.2. The molecule has 2 aliphatic rings. The summed E-state index contributed by atoms with van der Waals surface area (Å²) in [6.07, 6.45) is 2.00. The van der Waals surface area contributed by atoms with Gasteiger partial charge in [0.25, 0.3) is 5.91 Å². The number of carbonyl (C=O) groups is 1. The molecule has 1 atom stereocenters. The Hall–Kier alpha value is -1.95. The predicted octanol–water partition coefficient (Wildman–Crippen LogP) is 1.15. The molecule has 108 valence electrons. The second kappa shape index (κ2) is 5.58. The van der Waals surface area contributed by atoms with Crippen molar-refractivity contribution in [3.63, 3.8) is 0 Å². The largest absolute Gasteiger partial charge is 0.454 e. The molecule has 1 amide bonds. The number of nitrogen functional groups attached to an aromatic ring is 1. The van der Waals surface area contributed by atoms with Gasteiger partial charge in [-0.25, -0.2) is 0 Å². The first-order chi connectivity index (χ1) is 9.74. The molecular weight excluding hydrogens is 260 g/mol. The molecule has 0 aromatic heterocycles. The Labute approximate surface area is 117 Å². The molecule has 0 aliphatic carbocycles. The molecular formula is C14H18N2O4. The van der Waals surface area contributed by atoms with Gasteiger partial charge in [0.05, 0.1) is 5.56 Å². The van der Waals surface area contributed by atoms with Gasteiger partial charge in [0.2, 0.25) is 6.79 Å². The minimum absolute atomic E-state index is 0.168. The third-order valence-electron chi connectivity index (χ3n) is 3.65. The standard InChI is InChI=1S/C14H18N2O4/c15-11-6-13-12(19-8-20-13)5-10(11)14(17)16-3-1-9-2-4-18-7-9/h5-6,9H,1-4,7-8,15H2,(H,16,17). The molecule has 3 N–H and O–H groups in total. The van der Waals surface area contributed by atoms with Gasteiger partial charge in [-0.2, -0.15) is 0 Å². The van der Waals surface area contributed by atoms with Gasteiger partial charge in [-0.05, 0) is 24.8 Å². The fraction of sp³-hybridized carbons (Fsp3) is 0.500. The molecule has 0 spiro atoms. The summed E-state index contributed by atoms with van der Waals surface area (Å²) in [4.78, 5) is 12.1. The number of nitrogens with one attached hydrogen (secondary N) is 1. The van der Waals surface area contributed by atoms with Crippen LogP contribution in [0.25, 0.3) is 0 Å². The molecule has 6 nitrogen and oxygen atoms in total. The van der Waals surface area contributed by atoms with E-state index in [0.717, 1.165) is 26.1 Å². The van der Waals surface area contributed by atoms with Crippen LogP contribution in [0.2, 0.25) is 0 Å². The Morgan fingerprint density at radius 2 is 2.15 bits per heavy atom. The molecule has 0 saturated carbocycles. The minimum Gasteiger partial charge on any atom is -0.454 e. The topological polar surface area (TPSA) is 82.8 Å². The number of ether oxygens (including phenoxy) is 3. The maximum absolute atomic E-state index is 12.1. The van der Waals surface area contributed by atoms with Crippen molar-refractivity contribution in [1.82, 2.24) is 5.32 Å². The normalized spacial score (nSPS) is 20.1. The van der Waals surface area contributed by atoms with E-state index in [2.05, 4.69) is 5.32 Å². The fourth-order valence-electron chi connectivity index (χ4n) is 2.45. The Balaban J connectivity index is 1.59. The van der Waals surface area contributed by atoms with Gasteiger partial charge >= 0.3 is 0 Å². The van der Waals surface area contributed by atoms with E-state index >= 15 is 0 Å². The summed E-state index contributed by atoms with van der Waals surface area (Å²) in [6, 6.07) is 3.26. The molecule has 2 aliphatic heterocycles. The van der Waals surface area contributed by atoms with Crippen LogP contribution in [-0.2, 0) is 4.74 Å². The van der Waals surface area contributed by atoms with Crippen LogP contribution in [0.5, 0.6) is 11.5 Å². The number of benzene rings is 1. The van der Waals surface area contributed by atoms with Gasteiger partial charge in [-0.15, -0.1) is 0 Å². The Bertz CT molecular complexity index is 512. The van der Waals surface area contributed by atoms with E-state index in [4.69, 9.17) is 19.9 Å². The number of hydrogen-bond acceptors (Lipinski definition) is 5. The first kappa shape index (κ1) is 13.1. The highest BCUT2D eigenvalue weighted by atomic mass is 16.7. The summed E-state index contributed by atoms with van der Waals surface area (Å²) in [6.45, 7) is 2.41. The second-order valence-electron chi connectivity index (χ2n) is 5.07. The lowest BCUT2D eigenvalue weighted by molar-refractivity contribution is 0.0951. The van der Waals surface area contributed by atoms with E-state index in [1.54, 1.807) is 12.1 Å². The van der Waals surface area contributed by atoms with Gasteiger partial charge in [0.15, 0.2) is 11.5 Å². The Kier molecular flexibility index (Phi) is 3.64. The molecule has 0 bridgehead atoms. The summed E-state index contributed by atoms with van der Waals surface area (Å²) in [5.41, 5.74) is 6.70. The van der Waals surface area contributed by atoms with Crippen LogP contribution >= 0.6 is 0 Å². The average Bonchev–Trinajstić information content (AvgIpc) is 3.08. The van der Waals surface area contributed by atoms with E-state index < -0.39 is 0 Å². The summed E-state index contributed by atoms with van der Waals surface area (Å²) < 4.78 is 15.8. The van der Waals surface area contributed by atoms with Gasteiger partial charge in [-0.3, -0.25) is 4.79 Å². The van der Waals surface area contributed by atoms with Gasteiger partial charge in [-0.1, -0.05) is 0 Å². The van der Waals surface area contributed by atoms with Gasteiger partial charge in [0.1, 0.15) is 0 Å². The number of hydrogen-bond donors (Lipinski definition) is 2. The van der Waals surface area contributed by atoms with Crippen molar-refractivity contribution in [3.8, 4) is 11.5 Å². The van der Waals surface area contributed by atoms with E-state index in [0.29, 0.717) is 35.2 Å². The number of fused-ring (bicyclic) bond motifs is 1.